The summed E-state index contributed by atoms with van der Waals surface area (Å²) < 4.78 is 0.863. The van der Waals surface area contributed by atoms with Crippen molar-refractivity contribution in [3.8, 4) is 0 Å². The number of hydrogen-bond acceptors (Lipinski definition) is 3. The lowest BCUT2D eigenvalue weighted by atomic mass is 10.3. The first-order valence-corrected chi connectivity index (χ1v) is 6.75. The van der Waals surface area contributed by atoms with Crippen LogP contribution in [0.1, 0.15) is 11.4 Å². The van der Waals surface area contributed by atoms with Crippen LogP contribution in [0.3, 0.4) is 0 Å². The molecule has 0 unspecified atom stereocenters. The molecule has 0 atom stereocenters. The van der Waals surface area contributed by atoms with E-state index >= 15 is 0 Å². The summed E-state index contributed by atoms with van der Waals surface area (Å²) in [5.41, 5.74) is 1.68. The van der Waals surface area contributed by atoms with Crippen LogP contribution in [0.15, 0.2) is 22.7 Å². The molecule has 0 amide bonds. The quantitative estimate of drug-likeness (QED) is 0.785. The number of rotatable bonds is 2. The molecule has 0 spiro atoms. The van der Waals surface area contributed by atoms with Crippen LogP contribution in [-0.2, 0) is 0 Å². The van der Waals surface area contributed by atoms with Gasteiger partial charge in [-0.2, -0.15) is 0 Å². The summed E-state index contributed by atoms with van der Waals surface area (Å²) in [5, 5.41) is 4.33. The molecular weight excluding hydrogens is 337 g/mol. The van der Waals surface area contributed by atoms with Crippen molar-refractivity contribution in [1.82, 2.24) is 9.97 Å². The molecule has 18 heavy (non-hydrogen) atoms. The van der Waals surface area contributed by atoms with Gasteiger partial charge < -0.3 is 5.32 Å². The van der Waals surface area contributed by atoms with Crippen LogP contribution in [-0.4, -0.2) is 9.97 Å². The summed E-state index contributed by atoms with van der Waals surface area (Å²) in [6, 6.07) is 5.49. The van der Waals surface area contributed by atoms with Crippen LogP contribution < -0.4 is 5.32 Å². The SMILES string of the molecule is Cc1nc(Cl)c(C)c(Nc2ccc(Cl)cc2Br)n1. The van der Waals surface area contributed by atoms with E-state index in [1.165, 1.54) is 0 Å². The minimum absolute atomic E-state index is 0.454. The molecule has 1 N–H and O–H groups in total. The number of hydrogen-bond donors (Lipinski definition) is 1. The third-order valence-corrected chi connectivity index (χ3v) is 3.64. The van der Waals surface area contributed by atoms with E-state index < -0.39 is 0 Å². The Bertz CT molecular complexity index is 602. The van der Waals surface area contributed by atoms with Gasteiger partial charge >= 0.3 is 0 Å². The molecule has 0 aliphatic heterocycles. The third kappa shape index (κ3) is 2.94. The standard InChI is InChI=1S/C12H10BrCl2N3/c1-6-11(15)16-7(2)17-12(6)18-10-4-3-8(14)5-9(10)13/h3-5H,1-2H3,(H,16,17,18). The molecule has 6 heteroatoms. The van der Waals surface area contributed by atoms with Gasteiger partial charge in [-0.1, -0.05) is 23.2 Å². The van der Waals surface area contributed by atoms with Gasteiger partial charge in [0.15, 0.2) is 0 Å². The highest BCUT2D eigenvalue weighted by Crippen LogP contribution is 2.30. The van der Waals surface area contributed by atoms with E-state index in [4.69, 9.17) is 23.2 Å². The first kappa shape index (κ1) is 13.6. The van der Waals surface area contributed by atoms with Gasteiger partial charge in [-0.15, -0.1) is 0 Å². The first-order valence-electron chi connectivity index (χ1n) is 5.20. The summed E-state index contributed by atoms with van der Waals surface area (Å²) >= 11 is 15.4. The minimum atomic E-state index is 0.454. The van der Waals surface area contributed by atoms with E-state index in [-0.39, 0.29) is 0 Å². The van der Waals surface area contributed by atoms with Gasteiger partial charge in [0.1, 0.15) is 16.8 Å². The predicted molar refractivity (Wildman–Crippen MR) is 79.0 cm³/mol. The van der Waals surface area contributed by atoms with Crippen LogP contribution >= 0.6 is 39.1 Å². The van der Waals surface area contributed by atoms with Crippen molar-refractivity contribution in [1.29, 1.82) is 0 Å². The number of nitrogens with zero attached hydrogens (tertiary/aromatic N) is 2. The largest absolute Gasteiger partial charge is 0.339 e. The van der Waals surface area contributed by atoms with Crippen molar-refractivity contribution in [3.05, 3.63) is 44.2 Å². The fourth-order valence-electron chi connectivity index (χ4n) is 1.43. The van der Waals surface area contributed by atoms with E-state index in [9.17, 15) is 0 Å². The topological polar surface area (TPSA) is 37.8 Å². The van der Waals surface area contributed by atoms with Crippen molar-refractivity contribution < 1.29 is 0 Å². The predicted octanol–water partition coefficient (Wildman–Crippen LogP) is 4.91. The van der Waals surface area contributed by atoms with E-state index in [0.717, 1.165) is 15.7 Å². The molecule has 1 aromatic heterocycles. The molecule has 94 valence electrons. The van der Waals surface area contributed by atoms with E-state index in [1.807, 2.05) is 19.1 Å². The van der Waals surface area contributed by atoms with Gasteiger partial charge in [0.05, 0.1) is 5.69 Å². The first-order chi connectivity index (χ1) is 8.47. The molecule has 0 aliphatic carbocycles. The van der Waals surface area contributed by atoms with E-state index in [0.29, 0.717) is 21.8 Å². The van der Waals surface area contributed by atoms with Crippen LogP contribution in [0.5, 0.6) is 0 Å². The van der Waals surface area contributed by atoms with Crippen LogP contribution in [0.4, 0.5) is 11.5 Å². The highest BCUT2D eigenvalue weighted by Gasteiger charge is 2.09. The minimum Gasteiger partial charge on any atom is -0.339 e. The van der Waals surface area contributed by atoms with E-state index in [2.05, 4.69) is 31.2 Å². The molecule has 0 bridgehead atoms. The molecule has 0 fully saturated rings. The fourth-order valence-corrected chi connectivity index (χ4v) is 2.43. The maximum absolute atomic E-state index is 6.03. The highest BCUT2D eigenvalue weighted by molar-refractivity contribution is 9.10. The normalized spacial score (nSPS) is 10.5. The van der Waals surface area contributed by atoms with Gasteiger partial charge in [-0.05, 0) is 48.0 Å². The van der Waals surface area contributed by atoms with Gasteiger partial charge in [-0.25, -0.2) is 9.97 Å². The number of benzene rings is 1. The van der Waals surface area contributed by atoms with Crippen molar-refractivity contribution in [3.63, 3.8) is 0 Å². The zero-order valence-electron chi connectivity index (χ0n) is 9.76. The zero-order chi connectivity index (χ0) is 13.3. The second-order valence-corrected chi connectivity index (χ2v) is 5.43. The molecule has 0 saturated heterocycles. The molecule has 1 heterocycles. The second kappa shape index (κ2) is 5.43. The van der Waals surface area contributed by atoms with E-state index in [1.54, 1.807) is 13.0 Å². The number of aryl methyl sites for hydroxylation is 1. The second-order valence-electron chi connectivity index (χ2n) is 3.78. The van der Waals surface area contributed by atoms with Gasteiger partial charge in [0, 0.05) is 15.1 Å². The van der Waals surface area contributed by atoms with Gasteiger partial charge in [0.25, 0.3) is 0 Å². The van der Waals surface area contributed by atoms with Crippen molar-refractivity contribution >= 4 is 50.6 Å². The average molecular weight is 347 g/mol. The Hall–Kier alpha value is -0.840. The summed E-state index contributed by atoms with van der Waals surface area (Å²) in [6.07, 6.45) is 0. The van der Waals surface area contributed by atoms with Gasteiger partial charge in [0.2, 0.25) is 0 Å². The van der Waals surface area contributed by atoms with Crippen molar-refractivity contribution in [2.45, 2.75) is 13.8 Å². The lowest BCUT2D eigenvalue weighted by Gasteiger charge is -2.11. The monoisotopic (exact) mass is 345 g/mol. The maximum Gasteiger partial charge on any atom is 0.138 e. The van der Waals surface area contributed by atoms with Crippen LogP contribution in [0.25, 0.3) is 0 Å². The Kier molecular flexibility index (Phi) is 4.10. The molecular formula is C12H10BrCl2N3. The molecule has 0 radical (unpaired) electrons. The smallest absolute Gasteiger partial charge is 0.138 e. The van der Waals surface area contributed by atoms with Crippen molar-refractivity contribution in [2.24, 2.45) is 0 Å². The van der Waals surface area contributed by atoms with Crippen molar-refractivity contribution in [2.75, 3.05) is 5.32 Å². The Morgan fingerprint density at radius 3 is 2.56 bits per heavy atom. The number of halogens is 3. The van der Waals surface area contributed by atoms with Crippen LogP contribution in [0, 0.1) is 13.8 Å². The molecule has 2 aromatic rings. The fraction of sp³-hybridized carbons (Fsp3) is 0.167. The molecule has 1 aromatic carbocycles. The lowest BCUT2D eigenvalue weighted by molar-refractivity contribution is 1.04. The maximum atomic E-state index is 6.03. The zero-order valence-corrected chi connectivity index (χ0v) is 12.9. The number of anilines is 2. The summed E-state index contributed by atoms with van der Waals surface area (Å²) in [6.45, 7) is 3.67. The third-order valence-electron chi connectivity index (χ3n) is 2.38. The Morgan fingerprint density at radius 1 is 1.17 bits per heavy atom. The van der Waals surface area contributed by atoms with Gasteiger partial charge in [-0.3, -0.25) is 0 Å². The number of nitrogens with one attached hydrogen (secondary N) is 1. The summed E-state index contributed by atoms with van der Waals surface area (Å²) in [5.74, 6) is 1.31. The summed E-state index contributed by atoms with van der Waals surface area (Å²) in [4.78, 5) is 8.43. The Labute approximate surface area is 124 Å². The number of aromatic nitrogens is 2. The molecule has 0 aliphatic rings. The Morgan fingerprint density at radius 2 is 1.89 bits per heavy atom. The average Bonchev–Trinajstić information content (AvgIpc) is 2.29. The molecule has 3 nitrogen and oxygen atoms in total. The van der Waals surface area contributed by atoms with Crippen LogP contribution in [0.2, 0.25) is 10.2 Å². The summed E-state index contributed by atoms with van der Waals surface area (Å²) in [7, 11) is 0. The molecule has 2 rings (SSSR count). The lowest BCUT2D eigenvalue weighted by Crippen LogP contribution is -2.01. The Balaban J connectivity index is 2.40. The highest BCUT2D eigenvalue weighted by atomic mass is 79.9. The molecule has 0 saturated carbocycles.